The van der Waals surface area contributed by atoms with E-state index in [0.717, 1.165) is 0 Å². The van der Waals surface area contributed by atoms with E-state index in [1.54, 1.807) is 18.2 Å². The second-order valence-corrected chi connectivity index (χ2v) is 3.90. The normalized spacial score (nSPS) is 9.76. The average molecular weight is 231 g/mol. The maximum atomic E-state index is 11.7. The molecule has 0 aliphatic heterocycles. The van der Waals surface area contributed by atoms with Crippen molar-refractivity contribution in [1.29, 1.82) is 0 Å². The molecule has 0 saturated heterocycles. The molecule has 0 unspecified atom stereocenters. The van der Waals surface area contributed by atoms with Gasteiger partial charge in [0.15, 0.2) is 0 Å². The van der Waals surface area contributed by atoms with Crippen molar-refractivity contribution in [2.45, 2.75) is 26.4 Å². The summed E-state index contributed by atoms with van der Waals surface area (Å²) in [5.41, 5.74) is 0.583. The second-order valence-electron chi connectivity index (χ2n) is 3.90. The quantitative estimate of drug-likeness (QED) is 0.623. The van der Waals surface area contributed by atoms with Gasteiger partial charge < -0.3 is 10.1 Å². The zero-order valence-electron chi connectivity index (χ0n) is 10.2. The molecular weight excluding hydrogens is 214 g/mol. The van der Waals surface area contributed by atoms with Crippen LogP contribution in [0.2, 0.25) is 0 Å². The Hall–Kier alpha value is -1.95. The van der Waals surface area contributed by atoms with Crippen LogP contribution in [0.1, 0.15) is 30.6 Å². The monoisotopic (exact) mass is 231 g/mol. The van der Waals surface area contributed by atoms with Crippen LogP contribution in [-0.4, -0.2) is 18.6 Å². The van der Waals surface area contributed by atoms with Gasteiger partial charge in [-0.2, -0.15) is 0 Å². The summed E-state index contributed by atoms with van der Waals surface area (Å²) in [6, 6.07) is 7.11. The van der Waals surface area contributed by atoms with Crippen molar-refractivity contribution in [3.8, 4) is 18.1 Å². The zero-order valence-corrected chi connectivity index (χ0v) is 10.2. The Kier molecular flexibility index (Phi) is 5.09. The van der Waals surface area contributed by atoms with Crippen LogP contribution in [0.3, 0.4) is 0 Å². The molecule has 0 spiro atoms. The number of carbonyl (C=O) groups is 1. The minimum absolute atomic E-state index is 0.0924. The predicted molar refractivity (Wildman–Crippen MR) is 68.0 cm³/mol. The number of amides is 1. The lowest BCUT2D eigenvalue weighted by molar-refractivity contribution is 0.0954. The van der Waals surface area contributed by atoms with Gasteiger partial charge in [-0.15, -0.1) is 12.3 Å². The third-order valence-corrected chi connectivity index (χ3v) is 2.02. The van der Waals surface area contributed by atoms with Gasteiger partial charge in [0, 0.05) is 18.5 Å². The maximum absolute atomic E-state index is 11.7. The number of hydrogen-bond donors (Lipinski definition) is 1. The highest BCUT2D eigenvalue weighted by Crippen LogP contribution is 2.14. The van der Waals surface area contributed by atoms with E-state index in [2.05, 4.69) is 11.2 Å². The first-order valence-electron chi connectivity index (χ1n) is 5.62. The van der Waals surface area contributed by atoms with E-state index in [-0.39, 0.29) is 12.0 Å². The van der Waals surface area contributed by atoms with Gasteiger partial charge in [0.1, 0.15) is 5.75 Å². The van der Waals surface area contributed by atoms with Crippen molar-refractivity contribution in [3.63, 3.8) is 0 Å². The van der Waals surface area contributed by atoms with Crippen molar-refractivity contribution in [2.75, 3.05) is 6.54 Å². The molecule has 0 radical (unpaired) electrons. The van der Waals surface area contributed by atoms with E-state index in [0.29, 0.717) is 24.3 Å². The van der Waals surface area contributed by atoms with Crippen molar-refractivity contribution in [1.82, 2.24) is 5.32 Å². The number of rotatable bonds is 5. The van der Waals surface area contributed by atoms with E-state index in [4.69, 9.17) is 11.2 Å². The smallest absolute Gasteiger partial charge is 0.251 e. The van der Waals surface area contributed by atoms with Crippen molar-refractivity contribution >= 4 is 5.91 Å². The van der Waals surface area contributed by atoms with Gasteiger partial charge in [0.25, 0.3) is 5.91 Å². The molecule has 1 N–H and O–H groups in total. The van der Waals surface area contributed by atoms with Crippen LogP contribution < -0.4 is 10.1 Å². The number of terminal acetylenes is 1. The molecule has 0 aliphatic rings. The molecule has 1 amide bonds. The first-order chi connectivity index (χ1) is 8.13. The van der Waals surface area contributed by atoms with Crippen molar-refractivity contribution in [2.24, 2.45) is 0 Å². The molecule has 3 nitrogen and oxygen atoms in total. The molecule has 1 aromatic carbocycles. The first kappa shape index (κ1) is 13.1. The molecule has 0 bridgehead atoms. The first-order valence-corrected chi connectivity index (χ1v) is 5.62. The molecule has 17 heavy (non-hydrogen) atoms. The van der Waals surface area contributed by atoms with Crippen LogP contribution >= 0.6 is 0 Å². The topological polar surface area (TPSA) is 38.3 Å². The Morgan fingerprint density at radius 3 is 2.94 bits per heavy atom. The zero-order chi connectivity index (χ0) is 12.7. The molecule has 0 saturated carbocycles. The van der Waals surface area contributed by atoms with E-state index >= 15 is 0 Å². The number of carbonyl (C=O) groups excluding carboxylic acids is 1. The Morgan fingerprint density at radius 1 is 1.53 bits per heavy atom. The Bertz CT molecular complexity index is 418. The lowest BCUT2D eigenvalue weighted by atomic mass is 10.2. The molecular formula is C14H17NO2. The average Bonchev–Trinajstić information content (AvgIpc) is 2.28. The minimum Gasteiger partial charge on any atom is -0.491 e. The summed E-state index contributed by atoms with van der Waals surface area (Å²) in [4.78, 5) is 11.7. The van der Waals surface area contributed by atoms with Crippen LogP contribution in [-0.2, 0) is 0 Å². The fourth-order valence-corrected chi connectivity index (χ4v) is 1.33. The highest BCUT2D eigenvalue weighted by atomic mass is 16.5. The lowest BCUT2D eigenvalue weighted by Gasteiger charge is -2.10. The third-order valence-electron chi connectivity index (χ3n) is 2.02. The standard InChI is InChI=1S/C14H17NO2/c1-4-5-9-15-14(16)12-7-6-8-13(10-12)17-11(2)3/h1,6-8,10-11H,5,9H2,2-3H3,(H,15,16). The van der Waals surface area contributed by atoms with Gasteiger partial charge >= 0.3 is 0 Å². The molecule has 0 fully saturated rings. The van der Waals surface area contributed by atoms with Crippen molar-refractivity contribution < 1.29 is 9.53 Å². The van der Waals surface area contributed by atoms with Gasteiger partial charge in [0.05, 0.1) is 6.10 Å². The fourth-order valence-electron chi connectivity index (χ4n) is 1.33. The van der Waals surface area contributed by atoms with Crippen LogP contribution in [0.15, 0.2) is 24.3 Å². The molecule has 0 aromatic heterocycles. The highest BCUT2D eigenvalue weighted by Gasteiger charge is 2.06. The molecule has 3 heteroatoms. The molecule has 1 aromatic rings. The van der Waals surface area contributed by atoms with Crippen molar-refractivity contribution in [3.05, 3.63) is 29.8 Å². The van der Waals surface area contributed by atoms with Crippen LogP contribution in [0.25, 0.3) is 0 Å². The Labute approximate surface area is 102 Å². The van der Waals surface area contributed by atoms with E-state index in [9.17, 15) is 4.79 Å². The van der Waals surface area contributed by atoms with E-state index in [1.165, 1.54) is 0 Å². The minimum atomic E-state index is -0.130. The summed E-state index contributed by atoms with van der Waals surface area (Å²) < 4.78 is 5.52. The summed E-state index contributed by atoms with van der Waals surface area (Å²) in [7, 11) is 0. The number of hydrogen-bond acceptors (Lipinski definition) is 2. The van der Waals surface area contributed by atoms with Gasteiger partial charge in [-0.05, 0) is 32.0 Å². The SMILES string of the molecule is C#CCCNC(=O)c1cccc(OC(C)C)c1. The number of ether oxygens (including phenoxy) is 1. The predicted octanol–water partition coefficient (Wildman–Crippen LogP) is 2.23. The lowest BCUT2D eigenvalue weighted by Crippen LogP contribution is -2.24. The third kappa shape index (κ3) is 4.60. The molecule has 0 atom stereocenters. The Morgan fingerprint density at radius 2 is 2.29 bits per heavy atom. The molecule has 0 aliphatic carbocycles. The van der Waals surface area contributed by atoms with E-state index in [1.807, 2.05) is 19.9 Å². The summed E-state index contributed by atoms with van der Waals surface area (Å²) in [6.45, 7) is 4.38. The van der Waals surface area contributed by atoms with Crippen LogP contribution in [0, 0.1) is 12.3 Å². The largest absolute Gasteiger partial charge is 0.491 e. The summed E-state index contributed by atoms with van der Waals surface area (Å²) in [5, 5.41) is 2.74. The number of benzene rings is 1. The van der Waals surface area contributed by atoms with Crippen LogP contribution in [0.4, 0.5) is 0 Å². The fraction of sp³-hybridized carbons (Fsp3) is 0.357. The number of nitrogens with one attached hydrogen (secondary N) is 1. The highest BCUT2D eigenvalue weighted by molar-refractivity contribution is 5.94. The summed E-state index contributed by atoms with van der Waals surface area (Å²) in [5.74, 6) is 3.04. The van der Waals surface area contributed by atoms with Gasteiger partial charge in [0.2, 0.25) is 0 Å². The summed E-state index contributed by atoms with van der Waals surface area (Å²) in [6.07, 6.45) is 5.74. The van der Waals surface area contributed by atoms with E-state index < -0.39 is 0 Å². The molecule has 1 rings (SSSR count). The molecule has 0 heterocycles. The maximum Gasteiger partial charge on any atom is 0.251 e. The molecule has 90 valence electrons. The van der Waals surface area contributed by atoms with Gasteiger partial charge in [-0.3, -0.25) is 4.79 Å². The second kappa shape index (κ2) is 6.59. The van der Waals surface area contributed by atoms with Gasteiger partial charge in [-0.25, -0.2) is 0 Å². The Balaban J connectivity index is 2.64. The summed E-state index contributed by atoms with van der Waals surface area (Å²) >= 11 is 0. The van der Waals surface area contributed by atoms with Gasteiger partial charge in [-0.1, -0.05) is 6.07 Å². The van der Waals surface area contributed by atoms with Crippen LogP contribution in [0.5, 0.6) is 5.75 Å².